The van der Waals surface area contributed by atoms with Crippen LogP contribution in [0.25, 0.3) is 0 Å². The van der Waals surface area contributed by atoms with Crippen LogP contribution in [0.5, 0.6) is 0 Å². The molecular weight excluding hydrogens is 292 g/mol. The van der Waals surface area contributed by atoms with Gasteiger partial charge in [0, 0.05) is 19.9 Å². The van der Waals surface area contributed by atoms with Gasteiger partial charge in [-0.15, -0.1) is 0 Å². The zero-order chi connectivity index (χ0) is 16.3. The lowest BCUT2D eigenvalue weighted by Crippen LogP contribution is -2.40. The molecule has 1 aliphatic heterocycles. The van der Waals surface area contributed by atoms with Crippen LogP contribution in [0.1, 0.15) is 34.1 Å². The van der Waals surface area contributed by atoms with Crippen LogP contribution in [-0.2, 0) is 14.3 Å². The molecule has 3 amide bonds. The Morgan fingerprint density at radius 1 is 1.23 bits per heavy atom. The molecule has 22 heavy (non-hydrogen) atoms. The van der Waals surface area contributed by atoms with Gasteiger partial charge in [0.25, 0.3) is 17.7 Å². The average Bonchev–Trinajstić information content (AvgIpc) is 2.75. The molecule has 2 N–H and O–H groups in total. The van der Waals surface area contributed by atoms with Gasteiger partial charge < -0.3 is 4.74 Å². The van der Waals surface area contributed by atoms with Crippen molar-refractivity contribution in [3.63, 3.8) is 0 Å². The molecule has 0 saturated heterocycles. The first kappa shape index (κ1) is 15.6. The number of nitrogens with one attached hydrogen (secondary N) is 1. The maximum absolute atomic E-state index is 12.1. The van der Waals surface area contributed by atoms with Crippen molar-refractivity contribution >= 4 is 23.7 Å². The molecule has 1 aromatic carbocycles. The second-order valence-electron chi connectivity index (χ2n) is 4.67. The number of ether oxygens (including phenoxy) is 1. The molecule has 116 valence electrons. The summed E-state index contributed by atoms with van der Waals surface area (Å²) in [4.78, 5) is 47.6. The lowest BCUT2D eigenvalue weighted by atomic mass is 10.1. The van der Waals surface area contributed by atoms with Crippen molar-refractivity contribution in [1.29, 1.82) is 0 Å². The second-order valence-corrected chi connectivity index (χ2v) is 4.67. The highest BCUT2D eigenvalue weighted by Gasteiger charge is 2.36. The number of amides is 3. The summed E-state index contributed by atoms with van der Waals surface area (Å²) < 4.78 is 4.75. The third-order valence-corrected chi connectivity index (χ3v) is 3.20. The Morgan fingerprint density at radius 2 is 1.77 bits per heavy atom. The van der Waals surface area contributed by atoms with Crippen molar-refractivity contribution in [2.24, 2.45) is 0 Å². The van der Waals surface area contributed by atoms with Crippen molar-refractivity contribution < 1.29 is 29.1 Å². The number of nitrogens with zero attached hydrogens (tertiary/aromatic N) is 1. The van der Waals surface area contributed by atoms with E-state index in [1.54, 1.807) is 24.3 Å². The van der Waals surface area contributed by atoms with Crippen LogP contribution in [0.2, 0.25) is 0 Å². The standard InChI is InChI=1S/C14H14N2O6/c1-8(17)22-11(12(18)15-21)6-7-16-13(19)9-4-2-3-5-10(9)14(16)20/h2-5,11,21H,6-7H2,1H3,(H,15,18)/t11-/m0/s1. The minimum Gasteiger partial charge on any atom is -0.452 e. The van der Waals surface area contributed by atoms with Crippen molar-refractivity contribution in [2.75, 3.05) is 6.54 Å². The molecule has 0 radical (unpaired) electrons. The van der Waals surface area contributed by atoms with Gasteiger partial charge in [0.2, 0.25) is 0 Å². The molecular formula is C14H14N2O6. The number of esters is 1. The van der Waals surface area contributed by atoms with Crippen LogP contribution in [0.4, 0.5) is 0 Å². The maximum atomic E-state index is 12.1. The summed E-state index contributed by atoms with van der Waals surface area (Å²) >= 11 is 0. The molecule has 0 bridgehead atoms. The highest BCUT2D eigenvalue weighted by molar-refractivity contribution is 6.21. The minimum atomic E-state index is -1.29. The summed E-state index contributed by atoms with van der Waals surface area (Å²) in [5, 5.41) is 8.62. The Balaban J connectivity index is 2.08. The zero-order valence-corrected chi connectivity index (χ0v) is 11.7. The molecule has 1 aromatic rings. The predicted octanol–water partition coefficient (Wildman–Crippen LogP) is 0.110. The average molecular weight is 306 g/mol. The summed E-state index contributed by atoms with van der Waals surface area (Å²) in [7, 11) is 0. The normalized spacial score (nSPS) is 14.5. The number of benzene rings is 1. The number of fused-ring (bicyclic) bond motifs is 1. The summed E-state index contributed by atoms with van der Waals surface area (Å²) in [6.45, 7) is 0.997. The molecule has 0 aliphatic carbocycles. The summed E-state index contributed by atoms with van der Waals surface area (Å²) in [5.74, 6) is -2.57. The van der Waals surface area contributed by atoms with Crippen molar-refractivity contribution in [3.8, 4) is 0 Å². The quantitative estimate of drug-likeness (QED) is 0.345. The fraction of sp³-hybridized carbons (Fsp3) is 0.286. The number of hydrogen-bond acceptors (Lipinski definition) is 6. The molecule has 8 nitrogen and oxygen atoms in total. The second kappa shape index (κ2) is 6.35. The molecule has 0 unspecified atom stereocenters. The fourth-order valence-corrected chi connectivity index (χ4v) is 2.20. The highest BCUT2D eigenvalue weighted by Crippen LogP contribution is 2.22. The smallest absolute Gasteiger partial charge is 0.303 e. The molecule has 2 rings (SSSR count). The molecule has 1 heterocycles. The Bertz CT molecular complexity index is 607. The van der Waals surface area contributed by atoms with E-state index in [2.05, 4.69) is 0 Å². The Labute approximate surface area is 125 Å². The van der Waals surface area contributed by atoms with E-state index in [0.29, 0.717) is 11.1 Å². The van der Waals surface area contributed by atoms with Gasteiger partial charge in [-0.2, -0.15) is 0 Å². The Hall–Kier alpha value is -2.74. The summed E-state index contributed by atoms with van der Waals surface area (Å²) in [6, 6.07) is 6.38. The van der Waals surface area contributed by atoms with Gasteiger partial charge in [0.15, 0.2) is 6.10 Å². The van der Waals surface area contributed by atoms with E-state index >= 15 is 0 Å². The topological polar surface area (TPSA) is 113 Å². The van der Waals surface area contributed by atoms with Crippen LogP contribution in [0.3, 0.4) is 0 Å². The minimum absolute atomic E-state index is 0.113. The Morgan fingerprint density at radius 3 is 2.23 bits per heavy atom. The van der Waals surface area contributed by atoms with Crippen molar-refractivity contribution in [3.05, 3.63) is 35.4 Å². The number of imide groups is 1. The first-order chi connectivity index (χ1) is 10.5. The first-order valence-electron chi connectivity index (χ1n) is 6.52. The summed E-state index contributed by atoms with van der Waals surface area (Å²) in [5.41, 5.74) is 1.97. The van der Waals surface area contributed by atoms with Gasteiger partial charge in [0.05, 0.1) is 11.1 Å². The van der Waals surface area contributed by atoms with Gasteiger partial charge in [-0.05, 0) is 12.1 Å². The van der Waals surface area contributed by atoms with Crippen molar-refractivity contribution in [2.45, 2.75) is 19.4 Å². The van der Waals surface area contributed by atoms with E-state index in [4.69, 9.17) is 9.94 Å². The van der Waals surface area contributed by atoms with E-state index < -0.39 is 29.8 Å². The number of hydrogen-bond donors (Lipinski definition) is 2. The molecule has 0 aromatic heterocycles. The highest BCUT2D eigenvalue weighted by atomic mass is 16.6. The number of carbonyl (C=O) groups excluding carboxylic acids is 4. The Kier molecular flexibility index (Phi) is 4.52. The monoisotopic (exact) mass is 306 g/mol. The van der Waals surface area contributed by atoms with Crippen LogP contribution in [0, 0.1) is 0 Å². The third-order valence-electron chi connectivity index (χ3n) is 3.20. The lowest BCUT2D eigenvalue weighted by molar-refractivity contribution is -0.157. The van der Waals surface area contributed by atoms with E-state index in [-0.39, 0.29) is 13.0 Å². The van der Waals surface area contributed by atoms with E-state index in [1.807, 2.05) is 0 Å². The van der Waals surface area contributed by atoms with E-state index in [9.17, 15) is 19.2 Å². The maximum Gasteiger partial charge on any atom is 0.303 e. The van der Waals surface area contributed by atoms with Crippen LogP contribution in [-0.4, -0.2) is 46.4 Å². The van der Waals surface area contributed by atoms with Gasteiger partial charge in [-0.1, -0.05) is 12.1 Å². The summed E-state index contributed by atoms with van der Waals surface area (Å²) in [6.07, 6.45) is -1.40. The molecule has 1 aliphatic rings. The fourth-order valence-electron chi connectivity index (χ4n) is 2.20. The van der Waals surface area contributed by atoms with Crippen LogP contribution < -0.4 is 5.48 Å². The number of hydroxylamine groups is 1. The van der Waals surface area contributed by atoms with E-state index in [1.165, 1.54) is 5.48 Å². The zero-order valence-electron chi connectivity index (χ0n) is 11.7. The number of carbonyl (C=O) groups is 4. The SMILES string of the molecule is CC(=O)O[C@@H](CCN1C(=O)c2ccccc2C1=O)C(=O)NO. The molecule has 0 fully saturated rings. The first-order valence-corrected chi connectivity index (χ1v) is 6.52. The van der Waals surface area contributed by atoms with Crippen LogP contribution in [0.15, 0.2) is 24.3 Å². The molecule has 1 atom stereocenters. The third kappa shape index (κ3) is 2.96. The largest absolute Gasteiger partial charge is 0.452 e. The molecule has 0 spiro atoms. The van der Waals surface area contributed by atoms with Crippen LogP contribution >= 0.6 is 0 Å². The predicted molar refractivity (Wildman–Crippen MR) is 71.9 cm³/mol. The van der Waals surface area contributed by atoms with E-state index in [0.717, 1.165) is 11.8 Å². The molecule has 8 heteroatoms. The van der Waals surface area contributed by atoms with Gasteiger partial charge >= 0.3 is 5.97 Å². The van der Waals surface area contributed by atoms with Gasteiger partial charge in [-0.25, -0.2) is 5.48 Å². The number of rotatable bonds is 5. The lowest BCUT2D eigenvalue weighted by Gasteiger charge is -2.18. The van der Waals surface area contributed by atoms with Gasteiger partial charge in [-0.3, -0.25) is 29.3 Å². The van der Waals surface area contributed by atoms with Crippen molar-refractivity contribution in [1.82, 2.24) is 10.4 Å². The van der Waals surface area contributed by atoms with Gasteiger partial charge in [0.1, 0.15) is 0 Å². The molecule has 0 saturated carbocycles.